The summed E-state index contributed by atoms with van der Waals surface area (Å²) < 4.78 is 9.53. The van der Waals surface area contributed by atoms with Crippen LogP contribution >= 0.6 is 0 Å². The molecule has 0 spiro atoms. The monoisotopic (exact) mass is 264 g/mol. The second-order valence-corrected chi connectivity index (χ2v) is 4.21. The third kappa shape index (κ3) is 2.96. The predicted molar refractivity (Wildman–Crippen MR) is 70.2 cm³/mol. The van der Waals surface area contributed by atoms with E-state index in [9.17, 15) is 9.59 Å². The molecule has 1 heterocycles. The van der Waals surface area contributed by atoms with E-state index in [1.807, 2.05) is 18.2 Å². The number of hydrogen-bond acceptors (Lipinski definition) is 5. The minimum Gasteiger partial charge on any atom is -0.467 e. The Hall–Kier alpha value is -2.24. The van der Waals surface area contributed by atoms with Crippen LogP contribution in [0.1, 0.15) is 6.92 Å². The number of esters is 1. The summed E-state index contributed by atoms with van der Waals surface area (Å²) in [5, 5.41) is 3.02. The maximum atomic E-state index is 11.5. The van der Waals surface area contributed by atoms with E-state index >= 15 is 0 Å². The molecule has 0 saturated carbocycles. The second-order valence-electron chi connectivity index (χ2n) is 4.21. The van der Waals surface area contributed by atoms with Crippen molar-refractivity contribution in [1.29, 1.82) is 0 Å². The number of nitrogens with zero attached hydrogens (tertiary/aromatic N) is 1. The molecule has 1 N–H and O–H groups in total. The number of carbonyl (C=O) groups is 2. The second kappa shape index (κ2) is 5.60. The van der Waals surface area contributed by atoms with Crippen molar-refractivity contribution >= 4 is 23.4 Å². The van der Waals surface area contributed by atoms with E-state index < -0.39 is 6.04 Å². The van der Waals surface area contributed by atoms with E-state index in [0.29, 0.717) is 13.2 Å². The molecular weight excluding hydrogens is 248 g/mol. The van der Waals surface area contributed by atoms with Crippen molar-refractivity contribution in [2.24, 2.45) is 0 Å². The van der Waals surface area contributed by atoms with Gasteiger partial charge in [0, 0.05) is 11.4 Å². The Balaban J connectivity index is 2.11. The first-order valence-corrected chi connectivity index (χ1v) is 6.00. The minimum atomic E-state index is -0.453. The lowest BCUT2D eigenvalue weighted by atomic mass is 10.2. The predicted octanol–water partition coefficient (Wildman–Crippen LogP) is 1.62. The summed E-state index contributed by atoms with van der Waals surface area (Å²) in [5.41, 5.74) is 1.49. The van der Waals surface area contributed by atoms with Crippen molar-refractivity contribution in [2.45, 2.75) is 13.0 Å². The summed E-state index contributed by atoms with van der Waals surface area (Å²) in [5.74, 6) is -0.342. The number of amides is 1. The van der Waals surface area contributed by atoms with E-state index in [1.54, 1.807) is 17.9 Å². The van der Waals surface area contributed by atoms with Gasteiger partial charge in [-0.15, -0.1) is 0 Å². The van der Waals surface area contributed by atoms with E-state index in [2.05, 4.69) is 10.1 Å². The van der Waals surface area contributed by atoms with Crippen molar-refractivity contribution in [1.82, 2.24) is 0 Å². The molecule has 19 heavy (non-hydrogen) atoms. The third-order valence-corrected chi connectivity index (χ3v) is 2.86. The molecule has 102 valence electrons. The Kier molecular flexibility index (Phi) is 3.89. The van der Waals surface area contributed by atoms with Crippen LogP contribution in [0.25, 0.3) is 0 Å². The van der Waals surface area contributed by atoms with Gasteiger partial charge in [-0.05, 0) is 25.1 Å². The Morgan fingerprint density at radius 3 is 2.95 bits per heavy atom. The average Bonchev–Trinajstić information content (AvgIpc) is 2.84. The first kappa shape index (κ1) is 13.2. The Morgan fingerprint density at radius 2 is 2.32 bits per heavy atom. The molecule has 1 aromatic carbocycles. The van der Waals surface area contributed by atoms with E-state index in [4.69, 9.17) is 4.74 Å². The number of rotatable bonds is 4. The quantitative estimate of drug-likeness (QED) is 0.837. The van der Waals surface area contributed by atoms with Crippen molar-refractivity contribution in [3.63, 3.8) is 0 Å². The van der Waals surface area contributed by atoms with Gasteiger partial charge in [-0.25, -0.2) is 9.59 Å². The molecule has 0 aromatic heterocycles. The molecule has 6 heteroatoms. The summed E-state index contributed by atoms with van der Waals surface area (Å²) >= 11 is 0. The maximum Gasteiger partial charge on any atom is 0.414 e. The van der Waals surface area contributed by atoms with Crippen LogP contribution in [0.15, 0.2) is 24.3 Å². The highest BCUT2D eigenvalue weighted by Gasteiger charge is 2.23. The fourth-order valence-electron chi connectivity index (χ4n) is 1.88. The van der Waals surface area contributed by atoms with Crippen molar-refractivity contribution in [2.75, 3.05) is 30.5 Å². The molecule has 6 nitrogen and oxygen atoms in total. The zero-order valence-electron chi connectivity index (χ0n) is 10.9. The molecular formula is C13H16N2O4. The van der Waals surface area contributed by atoms with Crippen LogP contribution in [0.2, 0.25) is 0 Å². The van der Waals surface area contributed by atoms with Gasteiger partial charge in [0.25, 0.3) is 0 Å². The lowest BCUT2D eigenvalue weighted by Crippen LogP contribution is -2.27. The Morgan fingerprint density at radius 1 is 1.53 bits per heavy atom. The molecule has 0 radical (unpaired) electrons. The maximum absolute atomic E-state index is 11.5. The molecule has 1 amide bonds. The van der Waals surface area contributed by atoms with Crippen LogP contribution in [0.3, 0.4) is 0 Å². The topological polar surface area (TPSA) is 67.9 Å². The highest BCUT2D eigenvalue weighted by Crippen LogP contribution is 2.22. The van der Waals surface area contributed by atoms with Gasteiger partial charge >= 0.3 is 12.1 Å². The van der Waals surface area contributed by atoms with Gasteiger partial charge in [0.15, 0.2) is 0 Å². The van der Waals surface area contributed by atoms with Gasteiger partial charge in [0.1, 0.15) is 12.6 Å². The standard InChI is InChI=1S/C13H16N2O4/c1-9(12(16)18-2)14-10-4-3-5-11(8-10)15-6-7-19-13(15)17/h3-5,8-9,14H,6-7H2,1-2H3. The average molecular weight is 264 g/mol. The van der Waals surface area contributed by atoms with E-state index in [1.165, 1.54) is 7.11 Å². The molecule has 0 aliphatic carbocycles. The Bertz CT molecular complexity index is 489. The van der Waals surface area contributed by atoms with Crippen LogP contribution in [0, 0.1) is 0 Å². The molecule has 2 rings (SSSR count). The minimum absolute atomic E-state index is 0.342. The summed E-state index contributed by atoms with van der Waals surface area (Å²) in [7, 11) is 1.34. The lowest BCUT2D eigenvalue weighted by molar-refractivity contribution is -0.141. The van der Waals surface area contributed by atoms with Crippen LogP contribution in [0.4, 0.5) is 16.2 Å². The van der Waals surface area contributed by atoms with Gasteiger partial charge in [-0.3, -0.25) is 4.90 Å². The molecule has 1 atom stereocenters. The molecule has 1 aliphatic heterocycles. The van der Waals surface area contributed by atoms with Crippen LogP contribution in [0.5, 0.6) is 0 Å². The summed E-state index contributed by atoms with van der Waals surface area (Å²) in [6.45, 7) is 2.65. The van der Waals surface area contributed by atoms with Gasteiger partial charge in [-0.2, -0.15) is 0 Å². The normalized spacial score (nSPS) is 15.9. The highest BCUT2D eigenvalue weighted by molar-refractivity contribution is 5.90. The zero-order chi connectivity index (χ0) is 13.8. The number of ether oxygens (including phenoxy) is 2. The Labute approximate surface area is 111 Å². The number of cyclic esters (lactones) is 1. The number of nitrogens with one attached hydrogen (secondary N) is 1. The molecule has 1 aliphatic rings. The summed E-state index contributed by atoms with van der Waals surface area (Å²) in [4.78, 5) is 24.4. The summed E-state index contributed by atoms with van der Waals surface area (Å²) in [6, 6.07) is 6.80. The molecule has 1 aromatic rings. The third-order valence-electron chi connectivity index (χ3n) is 2.86. The molecule has 1 unspecified atom stereocenters. The van der Waals surface area contributed by atoms with E-state index in [0.717, 1.165) is 11.4 Å². The molecule has 1 fully saturated rings. The smallest absolute Gasteiger partial charge is 0.414 e. The number of carbonyl (C=O) groups excluding carboxylic acids is 2. The molecule has 0 bridgehead atoms. The van der Waals surface area contributed by atoms with Gasteiger partial charge in [-0.1, -0.05) is 6.07 Å². The fraction of sp³-hybridized carbons (Fsp3) is 0.385. The van der Waals surface area contributed by atoms with Gasteiger partial charge in [0.2, 0.25) is 0 Å². The lowest BCUT2D eigenvalue weighted by Gasteiger charge is -2.16. The number of benzene rings is 1. The first-order valence-electron chi connectivity index (χ1n) is 6.00. The number of anilines is 2. The number of hydrogen-bond donors (Lipinski definition) is 1. The zero-order valence-corrected chi connectivity index (χ0v) is 10.9. The van der Waals surface area contributed by atoms with Crippen molar-refractivity contribution in [3.8, 4) is 0 Å². The van der Waals surface area contributed by atoms with Crippen LogP contribution < -0.4 is 10.2 Å². The van der Waals surface area contributed by atoms with Crippen molar-refractivity contribution < 1.29 is 19.1 Å². The summed E-state index contributed by atoms with van der Waals surface area (Å²) in [6.07, 6.45) is -0.349. The van der Waals surface area contributed by atoms with E-state index in [-0.39, 0.29) is 12.1 Å². The van der Waals surface area contributed by atoms with Crippen LogP contribution in [-0.2, 0) is 14.3 Å². The SMILES string of the molecule is COC(=O)C(C)Nc1cccc(N2CCOC2=O)c1. The van der Waals surface area contributed by atoms with Gasteiger partial charge < -0.3 is 14.8 Å². The van der Waals surface area contributed by atoms with Crippen LogP contribution in [-0.4, -0.2) is 38.4 Å². The van der Waals surface area contributed by atoms with Crippen molar-refractivity contribution in [3.05, 3.63) is 24.3 Å². The fourth-order valence-corrected chi connectivity index (χ4v) is 1.88. The highest BCUT2D eigenvalue weighted by atomic mass is 16.6. The molecule has 1 saturated heterocycles. The largest absolute Gasteiger partial charge is 0.467 e. The number of methoxy groups -OCH3 is 1. The first-order chi connectivity index (χ1) is 9.11. The van der Waals surface area contributed by atoms with Gasteiger partial charge in [0.05, 0.1) is 13.7 Å².